The van der Waals surface area contributed by atoms with Crippen LogP contribution in [0.4, 0.5) is 0 Å². The second-order valence-corrected chi connectivity index (χ2v) is 13.5. The lowest BCUT2D eigenvalue weighted by Crippen LogP contribution is -2.38. The first kappa shape index (κ1) is 34.9. The summed E-state index contributed by atoms with van der Waals surface area (Å²) in [4.78, 5) is 21.4. The molecule has 0 bridgehead atoms. The number of rotatable bonds is 6. The number of benzene rings is 6. The zero-order valence-electron chi connectivity index (χ0n) is 25.6. The highest BCUT2D eigenvalue weighted by Gasteiger charge is 2.47. The molecule has 0 aliphatic heterocycles. The van der Waals surface area contributed by atoms with E-state index in [1.165, 1.54) is 56.4 Å². The summed E-state index contributed by atoms with van der Waals surface area (Å²) < 4.78 is 0. The van der Waals surface area contributed by atoms with E-state index in [1.807, 2.05) is 0 Å². The minimum absolute atomic E-state index is 0.0509. The molecule has 2 amide bonds. The molecule has 6 aromatic carbocycles. The van der Waals surface area contributed by atoms with Crippen LogP contribution >= 0.6 is 7.26 Å². The Bertz CT molecular complexity index is 1750. The molecule has 0 atom stereocenters. The third-order valence-corrected chi connectivity index (χ3v) is 11.5. The topological polar surface area (TPSA) is 159 Å². The molecule has 48 heavy (non-hydrogen) atoms. The fraction of sp³-hybridized carbons (Fsp3) is 0. The maximum atomic E-state index is 10.7. The Morgan fingerprint density at radius 1 is 0.396 bits per heavy atom. The summed E-state index contributed by atoms with van der Waals surface area (Å²) in [5.41, 5.74) is 2.95. The van der Waals surface area contributed by atoms with Gasteiger partial charge >= 0.3 is 0 Å². The van der Waals surface area contributed by atoms with Gasteiger partial charge in [-0.05, 0) is 84.9 Å². The predicted molar refractivity (Wildman–Crippen MR) is 188 cm³/mol. The predicted octanol–water partition coefficient (Wildman–Crippen LogP) is 5.03. The Morgan fingerprint density at radius 2 is 0.688 bits per heavy atom. The van der Waals surface area contributed by atoms with E-state index in [2.05, 4.69) is 103 Å². The van der Waals surface area contributed by atoms with Crippen LogP contribution in [-0.4, -0.2) is 37.5 Å². The number of hydroxylamine groups is 2. The lowest BCUT2D eigenvalue weighted by Gasteiger charge is -2.27. The third-order valence-electron chi connectivity index (χ3n) is 7.17. The van der Waals surface area contributed by atoms with Crippen LogP contribution in [0.2, 0.25) is 0 Å². The highest BCUT2D eigenvalue weighted by atomic mass is 31.2. The smallest absolute Gasteiger partial charge is 0.278 e. The lowest BCUT2D eigenvalue weighted by atomic mass is 10.2. The quantitative estimate of drug-likeness (QED) is 0.0749. The van der Waals surface area contributed by atoms with Crippen LogP contribution in [-0.2, 0) is 0 Å². The van der Waals surface area contributed by atoms with Crippen LogP contribution in [0.3, 0.4) is 0 Å². The lowest BCUT2D eigenvalue weighted by molar-refractivity contribution is 0.0699. The van der Waals surface area contributed by atoms with Gasteiger partial charge in [0.05, 0.1) is 11.1 Å². The first-order chi connectivity index (χ1) is 23.3. The number of aromatic hydroxyl groups is 3. The number of carbonyl (C=O) groups is 2. The first-order valence-electron chi connectivity index (χ1n) is 14.6. The van der Waals surface area contributed by atoms with Gasteiger partial charge in [0.2, 0.25) is 0 Å². The molecular formula is C38H34N2O7P+. The van der Waals surface area contributed by atoms with Crippen LogP contribution in [0.5, 0.6) is 17.2 Å². The van der Waals surface area contributed by atoms with E-state index in [4.69, 9.17) is 20.6 Å². The minimum Gasteiger partial charge on any atom is -0.508 e. The van der Waals surface area contributed by atoms with Crippen molar-refractivity contribution in [3.05, 3.63) is 175 Å². The molecule has 0 unspecified atom stereocenters. The summed E-state index contributed by atoms with van der Waals surface area (Å²) in [5.74, 6) is -1.45. The van der Waals surface area contributed by atoms with E-state index >= 15 is 0 Å². The fourth-order valence-electron chi connectivity index (χ4n) is 4.98. The van der Waals surface area contributed by atoms with Gasteiger partial charge in [-0.1, -0.05) is 78.9 Å². The average molecular weight is 662 g/mol. The molecule has 6 rings (SSSR count). The Morgan fingerprint density at radius 3 is 1.00 bits per heavy atom. The van der Waals surface area contributed by atoms with Crippen LogP contribution < -0.4 is 32.2 Å². The highest BCUT2D eigenvalue weighted by Crippen LogP contribution is 2.54. The second kappa shape index (κ2) is 17.1. The van der Waals surface area contributed by atoms with Crippen molar-refractivity contribution in [2.24, 2.45) is 0 Å². The Labute approximate surface area is 278 Å². The van der Waals surface area contributed by atoms with Crippen molar-refractivity contribution < 1.29 is 35.3 Å². The molecule has 0 saturated carbocycles. The van der Waals surface area contributed by atoms with E-state index in [0.717, 1.165) is 0 Å². The number of carbonyl (C=O) groups excluding carboxylic acids is 2. The number of phenolic OH excluding ortho intramolecular Hbond substituents is 3. The van der Waals surface area contributed by atoms with Crippen molar-refractivity contribution in [3.63, 3.8) is 0 Å². The maximum absolute atomic E-state index is 10.7. The van der Waals surface area contributed by atoms with Crippen LogP contribution in [0.15, 0.2) is 164 Å². The Balaban J connectivity index is 0.000000195. The standard InChI is InChI=1S/C24H19OP.2C7H7NO3/c25-20-16-18-24(19-17-20)26(21-10-4-1-5-11-21,22-12-6-2-7-13-22)23-14-8-3-9-15-23;2*9-6-4-2-1-3-5(6)7(10)8-11/h1-19H;2*1-4,9,11H,(H,8,10)/p+1. The summed E-state index contributed by atoms with van der Waals surface area (Å²) in [7, 11) is -2.04. The van der Waals surface area contributed by atoms with Gasteiger partial charge in [-0.3, -0.25) is 20.0 Å². The Hall–Kier alpha value is -5.99. The third kappa shape index (κ3) is 8.23. The Kier molecular flexibility index (Phi) is 12.4. The molecule has 0 aromatic heterocycles. The van der Waals surface area contributed by atoms with Gasteiger partial charge in [0.1, 0.15) is 45.7 Å². The molecule has 0 aliphatic rings. The second-order valence-electron chi connectivity index (χ2n) is 10.1. The molecule has 0 heterocycles. The largest absolute Gasteiger partial charge is 0.508 e. The first-order valence-corrected chi connectivity index (χ1v) is 16.4. The van der Waals surface area contributed by atoms with Gasteiger partial charge in [0, 0.05) is 0 Å². The van der Waals surface area contributed by atoms with Crippen molar-refractivity contribution >= 4 is 40.3 Å². The van der Waals surface area contributed by atoms with E-state index in [1.54, 1.807) is 36.4 Å². The van der Waals surface area contributed by atoms with Gasteiger partial charge in [0.15, 0.2) is 0 Å². The number of hydrogen-bond donors (Lipinski definition) is 7. The molecule has 0 saturated heterocycles. The fourth-order valence-corrected chi connectivity index (χ4v) is 9.22. The van der Waals surface area contributed by atoms with Crippen LogP contribution in [0.1, 0.15) is 20.7 Å². The number of hydrogen-bond acceptors (Lipinski definition) is 7. The van der Waals surface area contributed by atoms with Gasteiger partial charge in [-0.25, -0.2) is 11.0 Å². The highest BCUT2D eigenvalue weighted by molar-refractivity contribution is 8.01. The van der Waals surface area contributed by atoms with Crippen molar-refractivity contribution in [2.75, 3.05) is 0 Å². The summed E-state index contributed by atoms with van der Waals surface area (Å²) in [6.45, 7) is 0. The zero-order chi connectivity index (χ0) is 34.4. The SMILES string of the molecule is O=C(NO)c1ccccc1O.O=C(NO)c1ccccc1O.Oc1ccc([P+](c2ccccc2)(c2ccccc2)c2ccccc2)cc1. The summed E-state index contributed by atoms with van der Waals surface area (Å²) in [6.07, 6.45) is 0. The van der Waals surface area contributed by atoms with Crippen molar-refractivity contribution in [1.82, 2.24) is 11.0 Å². The maximum Gasteiger partial charge on any atom is 0.278 e. The van der Waals surface area contributed by atoms with E-state index < -0.39 is 19.1 Å². The molecule has 7 N–H and O–H groups in total. The zero-order valence-corrected chi connectivity index (χ0v) is 26.5. The van der Waals surface area contributed by atoms with Crippen LogP contribution in [0, 0.1) is 0 Å². The summed E-state index contributed by atoms with van der Waals surface area (Å²) in [6, 6.07) is 51.8. The molecule has 6 aromatic rings. The number of para-hydroxylation sites is 2. The van der Waals surface area contributed by atoms with Crippen molar-refractivity contribution in [3.8, 4) is 17.2 Å². The van der Waals surface area contributed by atoms with Gasteiger partial charge < -0.3 is 15.3 Å². The van der Waals surface area contributed by atoms with E-state index in [9.17, 15) is 14.7 Å². The van der Waals surface area contributed by atoms with Crippen LogP contribution in [0.25, 0.3) is 0 Å². The van der Waals surface area contributed by atoms with Gasteiger partial charge in [-0.2, -0.15) is 0 Å². The van der Waals surface area contributed by atoms with Crippen molar-refractivity contribution in [2.45, 2.75) is 0 Å². The minimum atomic E-state index is -2.04. The normalized spacial score (nSPS) is 10.3. The molecule has 242 valence electrons. The van der Waals surface area contributed by atoms with Gasteiger partial charge in [0.25, 0.3) is 11.8 Å². The van der Waals surface area contributed by atoms with Crippen molar-refractivity contribution in [1.29, 1.82) is 0 Å². The summed E-state index contributed by atoms with van der Waals surface area (Å²) >= 11 is 0. The molecule has 10 heteroatoms. The summed E-state index contributed by atoms with van der Waals surface area (Å²) in [5, 5.41) is 49.5. The average Bonchev–Trinajstić information content (AvgIpc) is 3.14. The molecule has 9 nitrogen and oxygen atoms in total. The molecule has 0 radical (unpaired) electrons. The molecular weight excluding hydrogens is 627 g/mol. The molecule has 0 fully saturated rings. The van der Waals surface area contributed by atoms with E-state index in [-0.39, 0.29) is 22.6 Å². The number of amides is 2. The monoisotopic (exact) mass is 661 g/mol. The van der Waals surface area contributed by atoms with E-state index in [0.29, 0.717) is 5.75 Å². The number of nitrogens with one attached hydrogen (secondary N) is 2. The number of phenols is 3. The molecule has 0 aliphatic carbocycles. The van der Waals surface area contributed by atoms with Gasteiger partial charge in [-0.15, -0.1) is 0 Å². The molecule has 0 spiro atoms.